The molecule has 0 atom stereocenters. The highest BCUT2D eigenvalue weighted by atomic mass is 16.6. The van der Waals surface area contributed by atoms with Gasteiger partial charge in [-0.05, 0) is 24.3 Å². The van der Waals surface area contributed by atoms with Crippen LogP contribution in [0.25, 0.3) is 0 Å². The molecule has 4 rings (SSSR count). The molecule has 0 spiro atoms. The first kappa shape index (κ1) is 21.9. The Bertz CT molecular complexity index is 916. The van der Waals surface area contributed by atoms with Crippen LogP contribution in [0.5, 0.6) is 17.2 Å². The van der Waals surface area contributed by atoms with Crippen LogP contribution in [0.3, 0.4) is 0 Å². The maximum atomic E-state index is 12.3. The van der Waals surface area contributed by atoms with Crippen LogP contribution in [0.15, 0.2) is 48.5 Å². The Labute approximate surface area is 187 Å². The van der Waals surface area contributed by atoms with Crippen LogP contribution < -0.4 is 24.8 Å². The molecule has 0 aromatic heterocycles. The molecule has 2 aromatic carbocycles. The summed E-state index contributed by atoms with van der Waals surface area (Å²) < 4.78 is 16.7. The first-order valence-corrected chi connectivity index (χ1v) is 10.8. The fraction of sp³-hybridized carbons (Fsp3) is 0.391. The number of amides is 3. The van der Waals surface area contributed by atoms with Gasteiger partial charge in [0.15, 0.2) is 11.5 Å². The van der Waals surface area contributed by atoms with E-state index in [-0.39, 0.29) is 12.5 Å². The van der Waals surface area contributed by atoms with Crippen molar-refractivity contribution < 1.29 is 23.8 Å². The van der Waals surface area contributed by atoms with Crippen LogP contribution in [0.2, 0.25) is 0 Å². The lowest BCUT2D eigenvalue weighted by Gasteiger charge is -2.34. The van der Waals surface area contributed by atoms with Gasteiger partial charge in [0.25, 0.3) is 0 Å². The van der Waals surface area contributed by atoms with Crippen LogP contribution >= 0.6 is 0 Å². The van der Waals surface area contributed by atoms with E-state index in [1.165, 1.54) is 0 Å². The lowest BCUT2D eigenvalue weighted by Crippen LogP contribution is -2.51. The van der Waals surface area contributed by atoms with Crippen molar-refractivity contribution in [1.29, 1.82) is 0 Å². The van der Waals surface area contributed by atoms with Gasteiger partial charge in [-0.3, -0.25) is 19.9 Å². The first-order valence-electron chi connectivity index (χ1n) is 10.8. The molecule has 0 radical (unpaired) electrons. The lowest BCUT2D eigenvalue weighted by atomic mass is 10.2. The predicted molar refractivity (Wildman–Crippen MR) is 119 cm³/mol. The standard InChI is InChI=1S/C23H28N4O5/c28-22(25-23(29)24-18-6-7-20-21(16-18)32-15-14-31-20)17-27-10-8-26(9-11-27)12-13-30-19-4-2-1-3-5-19/h1-7,16H,8-15,17H2,(H2,24,25,28,29). The van der Waals surface area contributed by atoms with Crippen molar-refractivity contribution in [2.75, 3.05) is 64.4 Å². The molecule has 1 saturated heterocycles. The minimum absolute atomic E-state index is 0.183. The third-order valence-electron chi connectivity index (χ3n) is 5.30. The number of carbonyl (C=O) groups is 2. The van der Waals surface area contributed by atoms with Gasteiger partial charge in [-0.2, -0.15) is 0 Å². The predicted octanol–water partition coefficient (Wildman–Crippen LogP) is 1.80. The fourth-order valence-electron chi connectivity index (χ4n) is 3.63. The zero-order chi connectivity index (χ0) is 22.2. The summed E-state index contributed by atoms with van der Waals surface area (Å²) in [6.45, 7) is 5.87. The summed E-state index contributed by atoms with van der Waals surface area (Å²) in [6.07, 6.45) is 0. The number of nitrogens with zero attached hydrogens (tertiary/aromatic N) is 2. The SMILES string of the molecule is O=C(CN1CCN(CCOc2ccccc2)CC1)NC(=O)Nc1ccc2c(c1)OCCO2. The molecule has 2 aliphatic heterocycles. The average molecular weight is 441 g/mol. The quantitative estimate of drug-likeness (QED) is 0.678. The van der Waals surface area contributed by atoms with Crippen LogP contribution in [-0.4, -0.2) is 80.8 Å². The van der Waals surface area contributed by atoms with Gasteiger partial charge in [0, 0.05) is 44.5 Å². The maximum Gasteiger partial charge on any atom is 0.325 e. The number of imide groups is 1. The number of ether oxygens (including phenoxy) is 3. The van der Waals surface area contributed by atoms with Gasteiger partial charge in [0.2, 0.25) is 5.91 Å². The van der Waals surface area contributed by atoms with Crippen molar-refractivity contribution in [1.82, 2.24) is 15.1 Å². The van der Waals surface area contributed by atoms with Crippen molar-refractivity contribution in [3.63, 3.8) is 0 Å². The summed E-state index contributed by atoms with van der Waals surface area (Å²) in [6, 6.07) is 14.3. The van der Waals surface area contributed by atoms with Crippen molar-refractivity contribution >= 4 is 17.6 Å². The summed E-state index contributed by atoms with van der Waals surface area (Å²) in [5, 5.41) is 5.04. The van der Waals surface area contributed by atoms with Gasteiger partial charge in [0.05, 0.1) is 6.54 Å². The summed E-state index contributed by atoms with van der Waals surface area (Å²) in [5.41, 5.74) is 0.533. The topological polar surface area (TPSA) is 92.4 Å². The van der Waals surface area contributed by atoms with Crippen LogP contribution in [0, 0.1) is 0 Å². The Morgan fingerprint density at radius 1 is 0.906 bits per heavy atom. The minimum atomic E-state index is -0.566. The third-order valence-corrected chi connectivity index (χ3v) is 5.30. The highest BCUT2D eigenvalue weighted by Gasteiger charge is 2.20. The number of benzene rings is 2. The largest absolute Gasteiger partial charge is 0.492 e. The highest BCUT2D eigenvalue weighted by molar-refractivity contribution is 6.01. The van der Waals surface area contributed by atoms with E-state index in [1.807, 2.05) is 35.2 Å². The van der Waals surface area contributed by atoms with Crippen molar-refractivity contribution in [2.45, 2.75) is 0 Å². The summed E-state index contributed by atoms with van der Waals surface area (Å²) in [5.74, 6) is 1.76. The van der Waals surface area contributed by atoms with Gasteiger partial charge in [-0.25, -0.2) is 4.79 Å². The molecular weight excluding hydrogens is 412 g/mol. The normalized spacial score (nSPS) is 16.2. The molecule has 2 N–H and O–H groups in total. The van der Waals surface area contributed by atoms with E-state index in [0.717, 1.165) is 38.5 Å². The second-order valence-electron chi connectivity index (χ2n) is 7.64. The molecule has 0 unspecified atom stereocenters. The second kappa shape index (κ2) is 10.8. The van der Waals surface area contributed by atoms with E-state index in [0.29, 0.717) is 37.0 Å². The fourth-order valence-corrected chi connectivity index (χ4v) is 3.63. The van der Waals surface area contributed by atoms with Crippen LogP contribution in [0.4, 0.5) is 10.5 Å². The van der Waals surface area contributed by atoms with Crippen LogP contribution in [0.1, 0.15) is 0 Å². The molecular formula is C23H28N4O5. The third kappa shape index (κ3) is 6.35. The molecule has 1 fully saturated rings. The number of fused-ring (bicyclic) bond motifs is 1. The molecule has 9 nitrogen and oxygen atoms in total. The van der Waals surface area contributed by atoms with E-state index in [1.54, 1.807) is 18.2 Å². The van der Waals surface area contributed by atoms with E-state index in [2.05, 4.69) is 15.5 Å². The van der Waals surface area contributed by atoms with Gasteiger partial charge >= 0.3 is 6.03 Å². The molecule has 2 aromatic rings. The number of para-hydroxylation sites is 1. The van der Waals surface area contributed by atoms with Crippen molar-refractivity contribution in [3.05, 3.63) is 48.5 Å². The van der Waals surface area contributed by atoms with Crippen molar-refractivity contribution in [3.8, 4) is 17.2 Å². The smallest absolute Gasteiger partial charge is 0.325 e. The number of hydrogen-bond acceptors (Lipinski definition) is 7. The molecule has 9 heteroatoms. The molecule has 2 heterocycles. The van der Waals surface area contributed by atoms with Gasteiger partial charge in [-0.1, -0.05) is 18.2 Å². The van der Waals surface area contributed by atoms with E-state index < -0.39 is 6.03 Å². The number of hydrogen-bond donors (Lipinski definition) is 2. The summed E-state index contributed by atoms with van der Waals surface area (Å²) in [4.78, 5) is 28.8. The van der Waals surface area contributed by atoms with Crippen LogP contribution in [-0.2, 0) is 4.79 Å². The summed E-state index contributed by atoms with van der Waals surface area (Å²) >= 11 is 0. The van der Waals surface area contributed by atoms with Gasteiger partial charge in [0.1, 0.15) is 25.6 Å². The Morgan fingerprint density at radius 2 is 1.62 bits per heavy atom. The number of carbonyl (C=O) groups excluding carboxylic acids is 2. The molecule has 0 bridgehead atoms. The Morgan fingerprint density at radius 3 is 2.41 bits per heavy atom. The molecule has 2 aliphatic rings. The first-order chi connectivity index (χ1) is 15.7. The summed E-state index contributed by atoms with van der Waals surface area (Å²) in [7, 11) is 0. The zero-order valence-electron chi connectivity index (χ0n) is 17.9. The zero-order valence-corrected chi connectivity index (χ0v) is 17.9. The Hall–Kier alpha value is -3.30. The Balaban J connectivity index is 1.13. The molecule has 170 valence electrons. The Kier molecular flexibility index (Phi) is 7.42. The molecule has 0 aliphatic carbocycles. The lowest BCUT2D eigenvalue weighted by molar-refractivity contribution is -0.121. The van der Waals surface area contributed by atoms with E-state index >= 15 is 0 Å². The number of nitrogens with one attached hydrogen (secondary N) is 2. The molecule has 0 saturated carbocycles. The minimum Gasteiger partial charge on any atom is -0.492 e. The second-order valence-corrected chi connectivity index (χ2v) is 7.64. The van der Waals surface area contributed by atoms with Gasteiger partial charge in [-0.15, -0.1) is 0 Å². The number of piperazine rings is 1. The highest BCUT2D eigenvalue weighted by Crippen LogP contribution is 2.32. The number of urea groups is 1. The average Bonchev–Trinajstić information content (AvgIpc) is 2.81. The maximum absolute atomic E-state index is 12.3. The molecule has 3 amide bonds. The number of anilines is 1. The monoisotopic (exact) mass is 440 g/mol. The molecule has 32 heavy (non-hydrogen) atoms. The van der Waals surface area contributed by atoms with E-state index in [4.69, 9.17) is 14.2 Å². The van der Waals surface area contributed by atoms with Crippen molar-refractivity contribution in [2.24, 2.45) is 0 Å². The van der Waals surface area contributed by atoms with E-state index in [9.17, 15) is 9.59 Å². The number of rotatable bonds is 7. The van der Waals surface area contributed by atoms with Gasteiger partial charge < -0.3 is 19.5 Å².